The Morgan fingerprint density at radius 1 is 1.29 bits per heavy atom. The highest BCUT2D eigenvalue weighted by molar-refractivity contribution is 7.89. The quantitative estimate of drug-likeness (QED) is 0.862. The van der Waals surface area contributed by atoms with Gasteiger partial charge in [0.25, 0.3) is 10.0 Å². The highest BCUT2D eigenvalue weighted by atomic mass is 32.2. The molecule has 5 nitrogen and oxygen atoms in total. The van der Waals surface area contributed by atoms with Crippen LogP contribution in [0.15, 0.2) is 17.6 Å². The molecule has 2 unspecified atom stereocenters. The lowest BCUT2D eigenvalue weighted by Gasteiger charge is -2.31. The zero-order valence-electron chi connectivity index (χ0n) is 10.2. The standard InChI is InChI=1S/C11H19N3O2S/c1-8-3-9(2)5-10(4-8)14-17(15,16)11-6-12-7-13-11/h6-10,14H,3-5H2,1-2H3,(H,12,13). The van der Waals surface area contributed by atoms with Gasteiger partial charge in [0.05, 0.1) is 12.5 Å². The monoisotopic (exact) mass is 257 g/mol. The first-order valence-electron chi connectivity index (χ1n) is 5.98. The van der Waals surface area contributed by atoms with E-state index in [2.05, 4.69) is 28.5 Å². The van der Waals surface area contributed by atoms with Crippen molar-refractivity contribution in [3.8, 4) is 0 Å². The Labute approximate surface area is 102 Å². The van der Waals surface area contributed by atoms with Gasteiger partial charge in [-0.25, -0.2) is 18.1 Å². The third-order valence-corrected chi connectivity index (χ3v) is 4.71. The van der Waals surface area contributed by atoms with Crippen molar-refractivity contribution < 1.29 is 8.42 Å². The zero-order chi connectivity index (χ0) is 12.5. The van der Waals surface area contributed by atoms with Gasteiger partial charge in [-0.15, -0.1) is 0 Å². The summed E-state index contributed by atoms with van der Waals surface area (Å²) >= 11 is 0. The highest BCUT2D eigenvalue weighted by Gasteiger charge is 2.28. The van der Waals surface area contributed by atoms with E-state index < -0.39 is 10.0 Å². The Hall–Kier alpha value is -0.880. The van der Waals surface area contributed by atoms with Gasteiger partial charge in [-0.1, -0.05) is 13.8 Å². The Morgan fingerprint density at radius 3 is 2.47 bits per heavy atom. The number of aromatic amines is 1. The van der Waals surface area contributed by atoms with Gasteiger partial charge in [0.15, 0.2) is 5.03 Å². The fourth-order valence-electron chi connectivity index (χ4n) is 2.72. The molecule has 0 radical (unpaired) electrons. The molecule has 1 aliphatic rings. The van der Waals surface area contributed by atoms with Crippen LogP contribution in [-0.2, 0) is 10.0 Å². The summed E-state index contributed by atoms with van der Waals surface area (Å²) in [5, 5.41) is 0.142. The van der Waals surface area contributed by atoms with E-state index in [-0.39, 0.29) is 11.1 Å². The van der Waals surface area contributed by atoms with Crippen LogP contribution in [0.2, 0.25) is 0 Å². The number of H-pyrrole nitrogens is 1. The molecule has 0 bridgehead atoms. The Kier molecular flexibility index (Phi) is 3.53. The van der Waals surface area contributed by atoms with Crippen molar-refractivity contribution >= 4 is 10.0 Å². The van der Waals surface area contributed by atoms with Crippen LogP contribution in [0.5, 0.6) is 0 Å². The third-order valence-electron chi connectivity index (χ3n) is 3.26. The molecule has 0 amide bonds. The summed E-state index contributed by atoms with van der Waals surface area (Å²) in [6.45, 7) is 4.35. The van der Waals surface area contributed by atoms with Gasteiger partial charge in [-0.3, -0.25) is 0 Å². The van der Waals surface area contributed by atoms with E-state index in [1.807, 2.05) is 0 Å². The van der Waals surface area contributed by atoms with Crippen LogP contribution in [0.4, 0.5) is 0 Å². The van der Waals surface area contributed by atoms with E-state index in [0.29, 0.717) is 11.8 Å². The summed E-state index contributed by atoms with van der Waals surface area (Å²) in [5.74, 6) is 1.15. The lowest BCUT2D eigenvalue weighted by atomic mass is 9.81. The van der Waals surface area contributed by atoms with Crippen LogP contribution in [0, 0.1) is 11.8 Å². The first-order chi connectivity index (χ1) is 7.97. The van der Waals surface area contributed by atoms with Crippen molar-refractivity contribution in [2.45, 2.75) is 44.2 Å². The molecule has 2 N–H and O–H groups in total. The molecule has 1 heterocycles. The SMILES string of the molecule is CC1CC(C)CC(NS(=O)(=O)c2cnc[nH]2)C1. The molecule has 2 atom stereocenters. The molecular formula is C11H19N3O2S. The number of sulfonamides is 1. The summed E-state index contributed by atoms with van der Waals surface area (Å²) in [7, 11) is -3.43. The summed E-state index contributed by atoms with van der Waals surface area (Å²) in [5.41, 5.74) is 0. The number of rotatable bonds is 3. The predicted molar refractivity (Wildman–Crippen MR) is 64.9 cm³/mol. The molecule has 6 heteroatoms. The summed E-state index contributed by atoms with van der Waals surface area (Å²) in [6, 6.07) is 0.0436. The number of hydrogen-bond donors (Lipinski definition) is 2. The van der Waals surface area contributed by atoms with Gasteiger partial charge in [-0.05, 0) is 31.1 Å². The number of nitrogens with one attached hydrogen (secondary N) is 2. The largest absolute Gasteiger partial charge is 0.335 e. The van der Waals surface area contributed by atoms with E-state index in [9.17, 15) is 8.42 Å². The molecule has 0 aromatic carbocycles. The summed E-state index contributed by atoms with van der Waals surface area (Å²) in [4.78, 5) is 6.36. The van der Waals surface area contributed by atoms with E-state index in [4.69, 9.17) is 0 Å². The van der Waals surface area contributed by atoms with E-state index in [1.54, 1.807) is 0 Å². The van der Waals surface area contributed by atoms with Gasteiger partial charge in [0, 0.05) is 6.04 Å². The minimum atomic E-state index is -3.43. The number of imidazole rings is 1. The first kappa shape index (κ1) is 12.6. The van der Waals surface area contributed by atoms with E-state index in [1.165, 1.54) is 18.9 Å². The van der Waals surface area contributed by atoms with E-state index >= 15 is 0 Å². The Morgan fingerprint density at radius 2 is 1.94 bits per heavy atom. The van der Waals surface area contributed by atoms with E-state index in [0.717, 1.165) is 12.8 Å². The second kappa shape index (κ2) is 4.78. The predicted octanol–water partition coefficient (Wildman–Crippen LogP) is 1.51. The number of nitrogens with zero attached hydrogens (tertiary/aromatic N) is 1. The minimum absolute atomic E-state index is 0.0436. The normalized spacial score (nSPS) is 30.4. The second-order valence-corrected chi connectivity index (χ2v) is 6.83. The smallest absolute Gasteiger partial charge is 0.257 e. The van der Waals surface area contributed by atoms with Crippen LogP contribution in [-0.4, -0.2) is 24.4 Å². The lowest BCUT2D eigenvalue weighted by molar-refractivity contribution is 0.257. The van der Waals surface area contributed by atoms with Crippen molar-refractivity contribution in [1.29, 1.82) is 0 Å². The van der Waals surface area contributed by atoms with Crippen molar-refractivity contribution in [3.63, 3.8) is 0 Å². The van der Waals surface area contributed by atoms with Crippen molar-refractivity contribution in [3.05, 3.63) is 12.5 Å². The van der Waals surface area contributed by atoms with Crippen molar-refractivity contribution in [2.75, 3.05) is 0 Å². The van der Waals surface area contributed by atoms with Crippen LogP contribution >= 0.6 is 0 Å². The van der Waals surface area contributed by atoms with Gasteiger partial charge >= 0.3 is 0 Å². The van der Waals surface area contributed by atoms with Gasteiger partial charge < -0.3 is 4.98 Å². The summed E-state index contributed by atoms with van der Waals surface area (Å²) < 4.78 is 26.7. The third kappa shape index (κ3) is 3.07. The Bertz CT molecular complexity index is 445. The molecule has 1 saturated carbocycles. The lowest BCUT2D eigenvalue weighted by Crippen LogP contribution is -2.40. The average Bonchev–Trinajstić information content (AvgIpc) is 2.67. The molecule has 96 valence electrons. The first-order valence-corrected chi connectivity index (χ1v) is 7.46. The molecule has 0 saturated heterocycles. The van der Waals surface area contributed by atoms with Gasteiger partial charge in [0.2, 0.25) is 0 Å². The average molecular weight is 257 g/mol. The topological polar surface area (TPSA) is 74.8 Å². The fraction of sp³-hybridized carbons (Fsp3) is 0.727. The summed E-state index contributed by atoms with van der Waals surface area (Å²) in [6.07, 6.45) is 5.72. The minimum Gasteiger partial charge on any atom is -0.335 e. The number of aromatic nitrogens is 2. The molecule has 1 aliphatic carbocycles. The highest BCUT2D eigenvalue weighted by Crippen LogP contribution is 2.29. The molecule has 1 aromatic rings. The zero-order valence-corrected chi connectivity index (χ0v) is 11.0. The maximum atomic E-state index is 12.0. The molecule has 2 rings (SSSR count). The van der Waals surface area contributed by atoms with Crippen LogP contribution in [0.3, 0.4) is 0 Å². The maximum absolute atomic E-state index is 12.0. The van der Waals surface area contributed by atoms with Gasteiger partial charge in [-0.2, -0.15) is 0 Å². The molecule has 0 spiro atoms. The maximum Gasteiger partial charge on any atom is 0.257 e. The van der Waals surface area contributed by atoms with Crippen molar-refractivity contribution in [2.24, 2.45) is 11.8 Å². The second-order valence-electron chi connectivity index (χ2n) is 5.15. The number of hydrogen-bond acceptors (Lipinski definition) is 3. The van der Waals surface area contributed by atoms with Crippen LogP contribution in [0.25, 0.3) is 0 Å². The molecule has 17 heavy (non-hydrogen) atoms. The fourth-order valence-corrected chi connectivity index (χ4v) is 3.88. The molecule has 1 fully saturated rings. The molecular weight excluding hydrogens is 238 g/mol. The molecule has 0 aliphatic heterocycles. The van der Waals surface area contributed by atoms with Gasteiger partial charge in [0.1, 0.15) is 0 Å². The van der Waals surface area contributed by atoms with Crippen molar-refractivity contribution in [1.82, 2.24) is 14.7 Å². The van der Waals surface area contributed by atoms with Crippen LogP contribution < -0.4 is 4.72 Å². The Balaban J connectivity index is 2.06. The molecule has 1 aromatic heterocycles. The van der Waals surface area contributed by atoms with Crippen LogP contribution in [0.1, 0.15) is 33.1 Å².